The standard InChI is InChI=1S/C20H25N3/c1-4-23(18-13-6-5-9-15(18)2)20(21)22(3)19-14-8-11-16-10-7-12-17(16)19/h5-6,8-9,11,13-14,21H,4,7,10,12H2,1-3H3. The molecule has 0 fully saturated rings. The first-order chi connectivity index (χ1) is 11.1. The molecule has 1 aliphatic rings. The lowest BCUT2D eigenvalue weighted by atomic mass is 10.1. The van der Waals surface area contributed by atoms with E-state index in [9.17, 15) is 0 Å². The summed E-state index contributed by atoms with van der Waals surface area (Å²) in [5.41, 5.74) is 6.35. The van der Waals surface area contributed by atoms with Crippen LogP contribution in [-0.4, -0.2) is 19.6 Å². The molecule has 0 aliphatic heterocycles. The molecular weight excluding hydrogens is 282 g/mol. The number of hydrogen-bond donors (Lipinski definition) is 1. The SMILES string of the molecule is CCN(C(=N)N(C)c1cccc2c1CCC2)c1ccccc1C. The Bertz CT molecular complexity index is 721. The van der Waals surface area contributed by atoms with Gasteiger partial charge >= 0.3 is 0 Å². The van der Waals surface area contributed by atoms with E-state index in [0.29, 0.717) is 5.96 Å². The summed E-state index contributed by atoms with van der Waals surface area (Å²) in [5.74, 6) is 0.530. The van der Waals surface area contributed by atoms with Crippen molar-refractivity contribution in [3.05, 3.63) is 59.2 Å². The minimum Gasteiger partial charge on any atom is -0.315 e. The quantitative estimate of drug-likeness (QED) is 0.673. The molecule has 0 saturated heterocycles. The fourth-order valence-corrected chi connectivity index (χ4v) is 3.51. The number of fused-ring (bicyclic) bond motifs is 1. The number of para-hydroxylation sites is 1. The van der Waals surface area contributed by atoms with Crippen LogP contribution in [0.3, 0.4) is 0 Å². The van der Waals surface area contributed by atoms with Crippen molar-refractivity contribution in [1.82, 2.24) is 0 Å². The summed E-state index contributed by atoms with van der Waals surface area (Å²) in [7, 11) is 2.01. The van der Waals surface area contributed by atoms with Gasteiger partial charge in [-0.05, 0) is 61.9 Å². The van der Waals surface area contributed by atoms with E-state index in [1.54, 1.807) is 0 Å². The summed E-state index contributed by atoms with van der Waals surface area (Å²) in [4.78, 5) is 4.10. The molecule has 0 unspecified atom stereocenters. The van der Waals surface area contributed by atoms with Gasteiger partial charge < -0.3 is 9.80 Å². The maximum Gasteiger partial charge on any atom is 0.202 e. The molecule has 0 amide bonds. The molecule has 0 atom stereocenters. The molecule has 1 aliphatic carbocycles. The monoisotopic (exact) mass is 307 g/mol. The number of guanidine groups is 1. The highest BCUT2D eigenvalue weighted by Crippen LogP contribution is 2.31. The number of hydrogen-bond acceptors (Lipinski definition) is 1. The average molecular weight is 307 g/mol. The van der Waals surface area contributed by atoms with Crippen LogP contribution in [0, 0.1) is 12.3 Å². The molecule has 0 saturated carbocycles. The molecule has 1 N–H and O–H groups in total. The predicted octanol–water partition coefficient (Wildman–Crippen LogP) is 4.38. The zero-order valence-electron chi connectivity index (χ0n) is 14.3. The first-order valence-electron chi connectivity index (χ1n) is 8.39. The third-order valence-corrected chi connectivity index (χ3v) is 4.78. The van der Waals surface area contributed by atoms with E-state index in [2.05, 4.69) is 49.1 Å². The zero-order valence-corrected chi connectivity index (χ0v) is 14.3. The van der Waals surface area contributed by atoms with Gasteiger partial charge in [-0.3, -0.25) is 5.41 Å². The molecule has 2 aromatic rings. The number of nitrogens with zero attached hydrogens (tertiary/aromatic N) is 2. The summed E-state index contributed by atoms with van der Waals surface area (Å²) in [5, 5.41) is 8.74. The smallest absolute Gasteiger partial charge is 0.202 e. The van der Waals surface area contributed by atoms with Crippen molar-refractivity contribution >= 4 is 17.3 Å². The Balaban J connectivity index is 1.93. The second kappa shape index (κ2) is 6.45. The van der Waals surface area contributed by atoms with Crippen LogP contribution < -0.4 is 9.80 Å². The Morgan fingerprint density at radius 3 is 2.52 bits per heavy atom. The van der Waals surface area contributed by atoms with E-state index in [4.69, 9.17) is 5.41 Å². The lowest BCUT2D eigenvalue weighted by Crippen LogP contribution is -2.42. The summed E-state index contributed by atoms with van der Waals surface area (Å²) in [6.45, 7) is 4.98. The fourth-order valence-electron chi connectivity index (χ4n) is 3.51. The van der Waals surface area contributed by atoms with Crippen LogP contribution in [0.4, 0.5) is 11.4 Å². The van der Waals surface area contributed by atoms with Gasteiger partial charge in [-0.1, -0.05) is 30.3 Å². The van der Waals surface area contributed by atoms with E-state index in [-0.39, 0.29) is 0 Å². The van der Waals surface area contributed by atoms with E-state index in [1.165, 1.54) is 35.2 Å². The molecule has 23 heavy (non-hydrogen) atoms. The molecule has 0 radical (unpaired) electrons. The largest absolute Gasteiger partial charge is 0.315 e. The Morgan fingerprint density at radius 2 is 1.78 bits per heavy atom. The Labute approximate surface area is 139 Å². The average Bonchev–Trinajstić information content (AvgIpc) is 3.05. The maximum atomic E-state index is 8.74. The van der Waals surface area contributed by atoms with Gasteiger partial charge in [0.1, 0.15) is 0 Å². The Kier molecular flexibility index (Phi) is 4.37. The molecule has 0 spiro atoms. The minimum absolute atomic E-state index is 0.530. The van der Waals surface area contributed by atoms with Gasteiger partial charge in [0.05, 0.1) is 0 Å². The molecule has 0 aromatic heterocycles. The van der Waals surface area contributed by atoms with Crippen molar-refractivity contribution < 1.29 is 0 Å². The summed E-state index contributed by atoms with van der Waals surface area (Å²) >= 11 is 0. The van der Waals surface area contributed by atoms with E-state index < -0.39 is 0 Å². The predicted molar refractivity (Wildman–Crippen MR) is 98.8 cm³/mol. The van der Waals surface area contributed by atoms with Crippen molar-refractivity contribution in [3.63, 3.8) is 0 Å². The van der Waals surface area contributed by atoms with Crippen LogP contribution >= 0.6 is 0 Å². The van der Waals surface area contributed by atoms with Crippen molar-refractivity contribution in [2.75, 3.05) is 23.4 Å². The van der Waals surface area contributed by atoms with E-state index >= 15 is 0 Å². The van der Waals surface area contributed by atoms with E-state index in [0.717, 1.165) is 18.7 Å². The van der Waals surface area contributed by atoms with E-state index in [1.807, 2.05) is 24.1 Å². The van der Waals surface area contributed by atoms with Crippen molar-refractivity contribution in [2.24, 2.45) is 0 Å². The molecule has 3 nitrogen and oxygen atoms in total. The first-order valence-corrected chi connectivity index (χ1v) is 8.39. The number of benzene rings is 2. The number of anilines is 2. The summed E-state index contributed by atoms with van der Waals surface area (Å²) in [6, 6.07) is 14.8. The molecule has 0 bridgehead atoms. The molecule has 0 heterocycles. The molecule has 2 aromatic carbocycles. The van der Waals surface area contributed by atoms with Crippen LogP contribution in [0.1, 0.15) is 30.0 Å². The third kappa shape index (κ3) is 2.83. The Morgan fingerprint density at radius 1 is 1.04 bits per heavy atom. The third-order valence-electron chi connectivity index (χ3n) is 4.78. The fraction of sp³-hybridized carbons (Fsp3) is 0.350. The molecule has 3 heteroatoms. The lowest BCUT2D eigenvalue weighted by Gasteiger charge is -2.32. The van der Waals surface area contributed by atoms with Gasteiger partial charge in [-0.15, -0.1) is 0 Å². The lowest BCUT2D eigenvalue weighted by molar-refractivity contribution is 0.910. The van der Waals surface area contributed by atoms with Crippen LogP contribution in [0.25, 0.3) is 0 Å². The zero-order chi connectivity index (χ0) is 16.4. The summed E-state index contributed by atoms with van der Waals surface area (Å²) < 4.78 is 0. The molecular formula is C20H25N3. The van der Waals surface area contributed by atoms with Crippen molar-refractivity contribution in [3.8, 4) is 0 Å². The van der Waals surface area contributed by atoms with Gasteiger partial charge in [-0.25, -0.2) is 0 Å². The number of aryl methyl sites for hydroxylation is 2. The second-order valence-electron chi connectivity index (χ2n) is 6.18. The molecule has 3 rings (SSSR count). The van der Waals surface area contributed by atoms with Gasteiger partial charge in [-0.2, -0.15) is 0 Å². The van der Waals surface area contributed by atoms with Gasteiger partial charge in [0.2, 0.25) is 5.96 Å². The van der Waals surface area contributed by atoms with Gasteiger partial charge in [0.25, 0.3) is 0 Å². The molecule has 120 valence electrons. The van der Waals surface area contributed by atoms with Crippen molar-refractivity contribution in [2.45, 2.75) is 33.1 Å². The number of rotatable bonds is 3. The summed E-state index contributed by atoms with van der Waals surface area (Å²) in [6.07, 6.45) is 3.52. The topological polar surface area (TPSA) is 30.3 Å². The van der Waals surface area contributed by atoms with Crippen LogP contribution in [0.2, 0.25) is 0 Å². The highest BCUT2D eigenvalue weighted by atomic mass is 15.4. The van der Waals surface area contributed by atoms with Gasteiger partial charge in [0, 0.05) is 25.0 Å². The second-order valence-corrected chi connectivity index (χ2v) is 6.18. The minimum atomic E-state index is 0.530. The highest BCUT2D eigenvalue weighted by molar-refractivity contribution is 6.05. The van der Waals surface area contributed by atoms with Crippen LogP contribution in [0.5, 0.6) is 0 Å². The maximum absolute atomic E-state index is 8.74. The first kappa shape index (κ1) is 15.6. The van der Waals surface area contributed by atoms with Crippen LogP contribution in [-0.2, 0) is 12.8 Å². The normalized spacial score (nSPS) is 12.8. The number of nitrogens with one attached hydrogen (secondary N) is 1. The van der Waals surface area contributed by atoms with Gasteiger partial charge in [0.15, 0.2) is 0 Å². The van der Waals surface area contributed by atoms with Crippen molar-refractivity contribution in [1.29, 1.82) is 5.41 Å². The highest BCUT2D eigenvalue weighted by Gasteiger charge is 2.22. The van der Waals surface area contributed by atoms with Crippen LogP contribution in [0.15, 0.2) is 42.5 Å². The Hall–Kier alpha value is -2.29.